The van der Waals surface area contributed by atoms with Crippen LogP contribution in [-0.2, 0) is 9.59 Å². The highest BCUT2D eigenvalue weighted by Gasteiger charge is 2.60. The van der Waals surface area contributed by atoms with Crippen molar-refractivity contribution in [2.45, 2.75) is 95.2 Å². The Labute approximate surface area is 127 Å². The fourth-order valence-corrected chi connectivity index (χ4v) is 4.84. The fourth-order valence-electron chi connectivity index (χ4n) is 4.84. The van der Waals surface area contributed by atoms with Crippen molar-refractivity contribution in [2.24, 2.45) is 0 Å². The quantitative estimate of drug-likeness (QED) is 0.869. The molecule has 0 unspecified atom stereocenters. The molecule has 3 fully saturated rings. The number of nitrogens with zero attached hydrogens (tertiary/aromatic N) is 1. The first-order chi connectivity index (χ1) is 10.1. The summed E-state index contributed by atoms with van der Waals surface area (Å²) >= 11 is 0. The predicted octanol–water partition coefficient (Wildman–Crippen LogP) is 2.76. The highest BCUT2D eigenvalue weighted by atomic mass is 16.2. The molecule has 2 spiro atoms. The number of carbonyl (C=O) groups excluding carboxylic acids is 2. The summed E-state index contributed by atoms with van der Waals surface area (Å²) in [5.41, 5.74) is -1.12. The average molecular weight is 292 g/mol. The number of amides is 2. The first kappa shape index (κ1) is 14.9. The van der Waals surface area contributed by atoms with Gasteiger partial charge in [0.05, 0.1) is 0 Å². The van der Waals surface area contributed by atoms with E-state index >= 15 is 0 Å². The van der Waals surface area contributed by atoms with Crippen molar-refractivity contribution < 1.29 is 9.59 Å². The van der Waals surface area contributed by atoms with Gasteiger partial charge in [-0.25, -0.2) is 0 Å². The second-order valence-electron chi connectivity index (χ2n) is 7.13. The summed E-state index contributed by atoms with van der Waals surface area (Å²) in [4.78, 5) is 28.3. The van der Waals surface area contributed by atoms with Crippen LogP contribution in [0.15, 0.2) is 0 Å². The normalized spacial score (nSPS) is 27.1. The zero-order chi connectivity index (χ0) is 15.1. The van der Waals surface area contributed by atoms with Crippen LogP contribution in [-0.4, -0.2) is 33.8 Å². The minimum atomic E-state index is -0.576. The lowest BCUT2D eigenvalue weighted by molar-refractivity contribution is -0.167. The maximum atomic E-state index is 13.3. The van der Waals surface area contributed by atoms with E-state index < -0.39 is 11.1 Å². The Morgan fingerprint density at radius 2 is 1.52 bits per heavy atom. The summed E-state index contributed by atoms with van der Waals surface area (Å²) in [5, 5.41) is 3.18. The van der Waals surface area contributed by atoms with Crippen molar-refractivity contribution >= 4 is 11.8 Å². The monoisotopic (exact) mass is 292 g/mol. The molecule has 4 nitrogen and oxygen atoms in total. The number of hydrogen-bond donors (Lipinski definition) is 1. The minimum absolute atomic E-state index is 0.133. The predicted molar refractivity (Wildman–Crippen MR) is 81.8 cm³/mol. The zero-order valence-corrected chi connectivity index (χ0v) is 13.4. The van der Waals surface area contributed by atoms with Gasteiger partial charge < -0.3 is 10.2 Å². The van der Waals surface area contributed by atoms with Gasteiger partial charge in [0.1, 0.15) is 11.1 Å². The summed E-state index contributed by atoms with van der Waals surface area (Å²) in [5.74, 6) is 0.351. The second kappa shape index (κ2) is 5.29. The van der Waals surface area contributed by atoms with E-state index in [1.54, 1.807) is 0 Å². The lowest BCUT2D eigenvalue weighted by Crippen LogP contribution is -2.76. The van der Waals surface area contributed by atoms with Crippen LogP contribution in [0.5, 0.6) is 0 Å². The molecule has 3 aliphatic rings. The van der Waals surface area contributed by atoms with E-state index in [2.05, 4.69) is 19.2 Å². The SMILES string of the molecule is CCC(CC)N1C(=O)C2(CCCC2)NC(=O)C12CCCC2. The molecule has 1 heterocycles. The third-order valence-electron chi connectivity index (χ3n) is 6.06. The number of carbonyl (C=O) groups is 2. The Morgan fingerprint density at radius 3 is 2.05 bits per heavy atom. The van der Waals surface area contributed by atoms with Crippen LogP contribution < -0.4 is 5.32 Å². The second-order valence-corrected chi connectivity index (χ2v) is 7.13. The number of hydrogen-bond acceptors (Lipinski definition) is 2. The van der Waals surface area contributed by atoms with Crippen LogP contribution in [0, 0.1) is 0 Å². The van der Waals surface area contributed by atoms with E-state index in [1.165, 1.54) is 0 Å². The van der Waals surface area contributed by atoms with Gasteiger partial charge in [-0.05, 0) is 38.5 Å². The molecule has 1 saturated heterocycles. The van der Waals surface area contributed by atoms with Crippen LogP contribution in [0.3, 0.4) is 0 Å². The first-order valence-corrected chi connectivity index (χ1v) is 8.76. The first-order valence-electron chi connectivity index (χ1n) is 8.76. The van der Waals surface area contributed by atoms with Crippen LogP contribution >= 0.6 is 0 Å². The van der Waals surface area contributed by atoms with Crippen molar-refractivity contribution in [3.05, 3.63) is 0 Å². The van der Waals surface area contributed by atoms with E-state index in [0.717, 1.165) is 64.2 Å². The van der Waals surface area contributed by atoms with E-state index in [9.17, 15) is 9.59 Å². The van der Waals surface area contributed by atoms with Crippen molar-refractivity contribution in [1.82, 2.24) is 10.2 Å². The van der Waals surface area contributed by atoms with Gasteiger partial charge in [-0.15, -0.1) is 0 Å². The van der Waals surface area contributed by atoms with Crippen molar-refractivity contribution in [2.75, 3.05) is 0 Å². The maximum absolute atomic E-state index is 13.3. The highest BCUT2D eigenvalue weighted by Crippen LogP contribution is 2.45. The molecule has 0 aromatic rings. The molecule has 2 aliphatic carbocycles. The molecule has 118 valence electrons. The molecular formula is C17H28N2O2. The Balaban J connectivity index is 2.02. The van der Waals surface area contributed by atoms with Crippen molar-refractivity contribution in [3.63, 3.8) is 0 Å². The molecule has 2 amide bonds. The van der Waals surface area contributed by atoms with Crippen molar-refractivity contribution in [3.8, 4) is 0 Å². The van der Waals surface area contributed by atoms with Gasteiger partial charge in [-0.2, -0.15) is 0 Å². The Morgan fingerprint density at radius 1 is 1.00 bits per heavy atom. The maximum Gasteiger partial charge on any atom is 0.249 e. The van der Waals surface area contributed by atoms with E-state index in [0.29, 0.717) is 0 Å². The zero-order valence-electron chi connectivity index (χ0n) is 13.4. The third-order valence-corrected chi connectivity index (χ3v) is 6.06. The molecule has 0 bridgehead atoms. The standard InChI is InChI=1S/C17H28N2O2/c1-3-13(4-2)19-15(21)16(9-5-6-10-16)18-14(20)17(19)11-7-8-12-17/h13H,3-12H2,1-2H3,(H,18,20). The van der Waals surface area contributed by atoms with Gasteiger partial charge >= 0.3 is 0 Å². The van der Waals surface area contributed by atoms with Crippen LogP contribution in [0.1, 0.15) is 78.1 Å². The molecule has 1 aliphatic heterocycles. The minimum Gasteiger partial charge on any atom is -0.340 e. The molecule has 0 aromatic carbocycles. The lowest BCUT2D eigenvalue weighted by Gasteiger charge is -2.53. The molecule has 21 heavy (non-hydrogen) atoms. The Kier molecular flexibility index (Phi) is 3.74. The average Bonchev–Trinajstić information content (AvgIpc) is 3.13. The summed E-state index contributed by atoms with van der Waals surface area (Å²) < 4.78 is 0. The molecule has 2 saturated carbocycles. The van der Waals surface area contributed by atoms with E-state index in [4.69, 9.17) is 0 Å². The Hall–Kier alpha value is -1.06. The summed E-state index contributed by atoms with van der Waals surface area (Å²) in [6.45, 7) is 4.27. The van der Waals surface area contributed by atoms with Gasteiger partial charge in [-0.1, -0.05) is 39.5 Å². The van der Waals surface area contributed by atoms with Crippen LogP contribution in [0.2, 0.25) is 0 Å². The fraction of sp³-hybridized carbons (Fsp3) is 0.882. The topological polar surface area (TPSA) is 49.4 Å². The molecular weight excluding hydrogens is 264 g/mol. The summed E-state index contributed by atoms with van der Waals surface area (Å²) in [6, 6.07) is 0.208. The Bertz CT molecular complexity index is 430. The summed E-state index contributed by atoms with van der Waals surface area (Å²) in [7, 11) is 0. The van der Waals surface area contributed by atoms with E-state index in [1.807, 2.05) is 4.90 Å². The largest absolute Gasteiger partial charge is 0.340 e. The highest BCUT2D eigenvalue weighted by molar-refractivity contribution is 6.02. The smallest absolute Gasteiger partial charge is 0.249 e. The molecule has 1 N–H and O–H groups in total. The third kappa shape index (κ3) is 2.01. The van der Waals surface area contributed by atoms with Crippen LogP contribution in [0.25, 0.3) is 0 Å². The van der Waals surface area contributed by atoms with Gasteiger partial charge in [-0.3, -0.25) is 9.59 Å². The molecule has 0 radical (unpaired) electrons. The van der Waals surface area contributed by atoms with Gasteiger partial charge in [0.2, 0.25) is 11.8 Å². The van der Waals surface area contributed by atoms with Gasteiger partial charge in [0.25, 0.3) is 0 Å². The van der Waals surface area contributed by atoms with E-state index in [-0.39, 0.29) is 17.9 Å². The van der Waals surface area contributed by atoms with Gasteiger partial charge in [0, 0.05) is 6.04 Å². The number of nitrogens with one attached hydrogen (secondary N) is 1. The summed E-state index contributed by atoms with van der Waals surface area (Å²) in [6.07, 6.45) is 9.43. The molecule has 0 atom stereocenters. The molecule has 4 heteroatoms. The lowest BCUT2D eigenvalue weighted by atomic mass is 9.81. The molecule has 3 rings (SSSR count). The molecule has 0 aromatic heterocycles. The number of piperazine rings is 1. The van der Waals surface area contributed by atoms with Gasteiger partial charge in [0.15, 0.2) is 0 Å². The van der Waals surface area contributed by atoms with Crippen LogP contribution in [0.4, 0.5) is 0 Å². The number of rotatable bonds is 3. The van der Waals surface area contributed by atoms with Crippen molar-refractivity contribution in [1.29, 1.82) is 0 Å².